The van der Waals surface area contributed by atoms with E-state index in [4.69, 9.17) is 4.74 Å². The number of benzene rings is 4. The van der Waals surface area contributed by atoms with E-state index in [0.717, 1.165) is 21.0 Å². The molecule has 0 aliphatic carbocycles. The van der Waals surface area contributed by atoms with Crippen molar-refractivity contribution >= 4 is 35.0 Å². The number of rotatable bonds is 8. The number of para-hydroxylation sites is 1. The minimum atomic E-state index is -0.455. The Morgan fingerprint density at radius 3 is 2.35 bits per heavy atom. The highest BCUT2D eigenvalue weighted by molar-refractivity contribution is 7.99. The zero-order valence-corrected chi connectivity index (χ0v) is 19.5. The quantitative estimate of drug-likeness (QED) is 0.231. The van der Waals surface area contributed by atoms with Crippen molar-refractivity contribution in [3.63, 3.8) is 0 Å². The van der Waals surface area contributed by atoms with Crippen LogP contribution < -0.4 is 15.4 Å². The molecule has 0 saturated heterocycles. The number of hydrogen-bond donors (Lipinski definition) is 2. The van der Waals surface area contributed by atoms with Crippen molar-refractivity contribution < 1.29 is 14.3 Å². The lowest BCUT2D eigenvalue weighted by molar-refractivity contribution is -0.114. The predicted octanol–water partition coefficient (Wildman–Crippen LogP) is 6.42. The summed E-state index contributed by atoms with van der Waals surface area (Å²) in [6.07, 6.45) is 0. The SMILES string of the molecule is Cc1ccc(OC(=O)c2cccc(NCC(=O)Nc3ccccc3Sc3ccccc3)c2)cc1. The van der Waals surface area contributed by atoms with E-state index in [9.17, 15) is 9.59 Å². The zero-order valence-electron chi connectivity index (χ0n) is 18.7. The lowest BCUT2D eigenvalue weighted by Gasteiger charge is -2.12. The van der Waals surface area contributed by atoms with Gasteiger partial charge in [-0.3, -0.25) is 4.79 Å². The molecule has 2 N–H and O–H groups in total. The summed E-state index contributed by atoms with van der Waals surface area (Å²) in [5.74, 6) is -0.155. The largest absolute Gasteiger partial charge is 0.423 e. The number of ether oxygens (including phenoxy) is 1. The number of hydrogen-bond acceptors (Lipinski definition) is 5. The summed E-state index contributed by atoms with van der Waals surface area (Å²) >= 11 is 1.59. The molecule has 0 atom stereocenters. The molecule has 0 radical (unpaired) electrons. The second-order valence-corrected chi connectivity index (χ2v) is 8.71. The average molecular weight is 469 g/mol. The van der Waals surface area contributed by atoms with Crippen LogP contribution in [0.5, 0.6) is 5.75 Å². The molecule has 0 saturated carbocycles. The summed E-state index contributed by atoms with van der Waals surface area (Å²) in [4.78, 5) is 27.1. The molecule has 0 aromatic heterocycles. The van der Waals surface area contributed by atoms with Crippen molar-refractivity contribution in [1.82, 2.24) is 0 Å². The molecule has 0 heterocycles. The molecule has 4 aromatic carbocycles. The molecule has 6 heteroatoms. The monoisotopic (exact) mass is 468 g/mol. The minimum absolute atomic E-state index is 0.0564. The second kappa shape index (κ2) is 11.2. The number of amides is 1. The van der Waals surface area contributed by atoms with Crippen LogP contribution in [0.2, 0.25) is 0 Å². The number of nitrogens with one attached hydrogen (secondary N) is 2. The Labute approximate surface area is 203 Å². The van der Waals surface area contributed by atoms with Crippen LogP contribution in [0.25, 0.3) is 0 Å². The van der Waals surface area contributed by atoms with Crippen LogP contribution in [0, 0.1) is 6.92 Å². The lowest BCUT2D eigenvalue weighted by atomic mass is 10.2. The van der Waals surface area contributed by atoms with Crippen molar-refractivity contribution in [2.75, 3.05) is 17.2 Å². The number of anilines is 2. The van der Waals surface area contributed by atoms with Crippen molar-refractivity contribution in [3.8, 4) is 5.75 Å². The van der Waals surface area contributed by atoms with Gasteiger partial charge in [0.2, 0.25) is 5.91 Å². The fraction of sp³-hybridized carbons (Fsp3) is 0.0714. The normalized spacial score (nSPS) is 10.4. The second-order valence-electron chi connectivity index (χ2n) is 7.60. The lowest BCUT2D eigenvalue weighted by Crippen LogP contribution is -2.22. The first-order valence-electron chi connectivity index (χ1n) is 10.8. The molecular formula is C28H24N2O3S. The third kappa shape index (κ3) is 6.49. The highest BCUT2D eigenvalue weighted by Gasteiger charge is 2.11. The van der Waals surface area contributed by atoms with Crippen LogP contribution in [0.4, 0.5) is 11.4 Å². The number of carbonyl (C=O) groups excluding carboxylic acids is 2. The van der Waals surface area contributed by atoms with Gasteiger partial charge in [0.25, 0.3) is 0 Å². The third-order valence-electron chi connectivity index (χ3n) is 4.92. The molecule has 0 aliphatic heterocycles. The number of carbonyl (C=O) groups is 2. The first kappa shape index (κ1) is 23.1. The maximum absolute atomic E-state index is 12.6. The van der Waals surface area contributed by atoms with Crippen LogP contribution in [0.15, 0.2) is 113 Å². The first-order chi connectivity index (χ1) is 16.6. The summed E-state index contributed by atoms with van der Waals surface area (Å²) in [6.45, 7) is 2.03. The topological polar surface area (TPSA) is 67.4 Å². The van der Waals surface area contributed by atoms with Gasteiger partial charge >= 0.3 is 5.97 Å². The number of esters is 1. The Hall–Kier alpha value is -4.03. The van der Waals surface area contributed by atoms with E-state index >= 15 is 0 Å². The van der Waals surface area contributed by atoms with Gasteiger partial charge in [-0.05, 0) is 61.5 Å². The van der Waals surface area contributed by atoms with E-state index in [1.54, 1.807) is 48.2 Å². The molecule has 0 fully saturated rings. The Morgan fingerprint density at radius 1 is 0.824 bits per heavy atom. The summed E-state index contributed by atoms with van der Waals surface area (Å²) in [7, 11) is 0. The van der Waals surface area contributed by atoms with Crippen molar-refractivity contribution in [2.45, 2.75) is 16.7 Å². The third-order valence-corrected chi connectivity index (χ3v) is 6.00. The van der Waals surface area contributed by atoms with Crippen LogP contribution in [0.1, 0.15) is 15.9 Å². The van der Waals surface area contributed by atoms with Gasteiger partial charge < -0.3 is 15.4 Å². The first-order valence-corrected chi connectivity index (χ1v) is 11.6. The van der Waals surface area contributed by atoms with Crippen LogP contribution >= 0.6 is 11.8 Å². The van der Waals surface area contributed by atoms with Gasteiger partial charge in [-0.15, -0.1) is 0 Å². The summed E-state index contributed by atoms with van der Waals surface area (Å²) in [5.41, 5.74) is 2.89. The molecule has 5 nitrogen and oxygen atoms in total. The minimum Gasteiger partial charge on any atom is -0.423 e. The molecule has 4 rings (SSSR count). The Morgan fingerprint density at radius 2 is 1.56 bits per heavy atom. The molecule has 1 amide bonds. The van der Waals surface area contributed by atoms with Gasteiger partial charge in [0.15, 0.2) is 0 Å². The molecular weight excluding hydrogens is 444 g/mol. The van der Waals surface area contributed by atoms with Crippen LogP contribution in [-0.4, -0.2) is 18.4 Å². The maximum atomic E-state index is 12.6. The predicted molar refractivity (Wildman–Crippen MR) is 137 cm³/mol. The summed E-state index contributed by atoms with van der Waals surface area (Å²) in [5, 5.41) is 6.04. The number of aryl methyl sites for hydroxylation is 1. The van der Waals surface area contributed by atoms with Gasteiger partial charge in [-0.1, -0.05) is 65.9 Å². The van der Waals surface area contributed by atoms with Gasteiger partial charge in [-0.25, -0.2) is 4.79 Å². The summed E-state index contributed by atoms with van der Waals surface area (Å²) < 4.78 is 5.43. The van der Waals surface area contributed by atoms with Gasteiger partial charge in [0.05, 0.1) is 17.8 Å². The molecule has 0 aliphatic rings. The van der Waals surface area contributed by atoms with E-state index in [1.165, 1.54) is 0 Å². The highest BCUT2D eigenvalue weighted by Crippen LogP contribution is 2.33. The van der Waals surface area contributed by atoms with E-state index < -0.39 is 5.97 Å². The van der Waals surface area contributed by atoms with Gasteiger partial charge in [0, 0.05) is 15.5 Å². The zero-order chi connectivity index (χ0) is 23.8. The van der Waals surface area contributed by atoms with Crippen LogP contribution in [-0.2, 0) is 4.79 Å². The molecule has 0 unspecified atom stereocenters. The van der Waals surface area contributed by atoms with Gasteiger partial charge in [0.1, 0.15) is 5.75 Å². The molecule has 170 valence electrons. The van der Waals surface area contributed by atoms with Crippen molar-refractivity contribution in [1.29, 1.82) is 0 Å². The van der Waals surface area contributed by atoms with Gasteiger partial charge in [-0.2, -0.15) is 0 Å². The van der Waals surface area contributed by atoms with Crippen LogP contribution in [0.3, 0.4) is 0 Å². The standard InChI is InChI=1S/C28H24N2O3S/c1-20-14-16-23(17-15-20)33-28(32)21-8-7-9-22(18-21)29-19-27(31)30-25-12-5-6-13-26(25)34-24-10-3-2-4-11-24/h2-18,29H,19H2,1H3,(H,30,31). The fourth-order valence-electron chi connectivity index (χ4n) is 3.18. The summed E-state index contributed by atoms with van der Waals surface area (Å²) in [6, 6.07) is 31.9. The van der Waals surface area contributed by atoms with Crippen molar-refractivity contribution in [3.05, 3.63) is 114 Å². The Kier molecular flexibility index (Phi) is 7.63. The van der Waals surface area contributed by atoms with E-state index in [1.807, 2.05) is 73.7 Å². The molecule has 34 heavy (non-hydrogen) atoms. The van der Waals surface area contributed by atoms with E-state index in [0.29, 0.717) is 17.0 Å². The molecule has 0 spiro atoms. The average Bonchev–Trinajstić information content (AvgIpc) is 2.86. The molecule has 4 aromatic rings. The Bertz CT molecular complexity index is 1270. The maximum Gasteiger partial charge on any atom is 0.343 e. The fourth-order valence-corrected chi connectivity index (χ4v) is 4.10. The van der Waals surface area contributed by atoms with E-state index in [2.05, 4.69) is 10.6 Å². The molecule has 0 bridgehead atoms. The highest BCUT2D eigenvalue weighted by atomic mass is 32.2. The van der Waals surface area contributed by atoms with Crippen molar-refractivity contribution in [2.24, 2.45) is 0 Å². The smallest absolute Gasteiger partial charge is 0.343 e. The van der Waals surface area contributed by atoms with E-state index in [-0.39, 0.29) is 12.5 Å². The Balaban J connectivity index is 1.35.